The molecule has 2 N–H and O–H groups in total. The summed E-state index contributed by atoms with van der Waals surface area (Å²) in [6, 6.07) is 15.8. The van der Waals surface area contributed by atoms with Gasteiger partial charge < -0.3 is 15.2 Å². The number of aryl methyl sites for hydroxylation is 1. The highest BCUT2D eigenvalue weighted by molar-refractivity contribution is 5.86. The van der Waals surface area contributed by atoms with Crippen LogP contribution in [0.3, 0.4) is 0 Å². The van der Waals surface area contributed by atoms with Gasteiger partial charge >= 0.3 is 6.18 Å². The fourth-order valence-electron chi connectivity index (χ4n) is 4.25. The van der Waals surface area contributed by atoms with Gasteiger partial charge in [-0.3, -0.25) is 0 Å². The van der Waals surface area contributed by atoms with E-state index in [0.29, 0.717) is 12.2 Å². The summed E-state index contributed by atoms with van der Waals surface area (Å²) < 4.78 is 39.6. The third kappa shape index (κ3) is 6.31. The highest BCUT2D eigenvalue weighted by Crippen LogP contribution is 2.31. The van der Waals surface area contributed by atoms with Crippen LogP contribution in [0, 0.1) is 0 Å². The number of nitrogens with one attached hydrogen (secondary N) is 2. The lowest BCUT2D eigenvalue weighted by Crippen LogP contribution is -2.21. The zero-order chi connectivity index (χ0) is 20.3. The van der Waals surface area contributed by atoms with E-state index in [1.54, 1.807) is 18.2 Å². The van der Waals surface area contributed by atoms with Crippen LogP contribution in [0.25, 0.3) is 10.9 Å². The van der Waals surface area contributed by atoms with Gasteiger partial charge in [-0.2, -0.15) is 13.2 Å². The summed E-state index contributed by atoms with van der Waals surface area (Å²) in [6.07, 6.45) is 0.357. The number of hydrogen-bond donors (Lipinski definition) is 2. The second kappa shape index (κ2) is 11.1. The van der Waals surface area contributed by atoms with Gasteiger partial charge in [-0.25, -0.2) is 0 Å². The molecule has 8 heteroatoms. The fourth-order valence-corrected chi connectivity index (χ4v) is 4.25. The molecule has 0 radical (unpaired) electrons. The van der Waals surface area contributed by atoms with Gasteiger partial charge in [-0.1, -0.05) is 30.3 Å². The van der Waals surface area contributed by atoms with E-state index >= 15 is 0 Å². The molecule has 0 aliphatic carbocycles. The first kappa shape index (κ1) is 25.4. The van der Waals surface area contributed by atoms with Crippen LogP contribution >= 0.6 is 24.8 Å². The van der Waals surface area contributed by atoms with Crippen molar-refractivity contribution >= 4 is 41.4 Å². The molecular formula is C23H28Cl2F3N3. The number of hydrogen-bond acceptors (Lipinski definition) is 2. The summed E-state index contributed by atoms with van der Waals surface area (Å²) >= 11 is 0. The zero-order valence-electron chi connectivity index (χ0n) is 17.2. The van der Waals surface area contributed by atoms with Crippen LogP contribution < -0.4 is 10.6 Å². The normalized spacial score (nSPS) is 13.3. The molecule has 0 fully saturated rings. The minimum absolute atomic E-state index is 0. The van der Waals surface area contributed by atoms with Gasteiger partial charge in [0, 0.05) is 35.4 Å². The third-order valence-corrected chi connectivity index (χ3v) is 5.54. The Morgan fingerprint density at radius 1 is 0.968 bits per heavy atom. The average molecular weight is 474 g/mol. The lowest BCUT2D eigenvalue weighted by atomic mass is 10.0. The first-order valence-electron chi connectivity index (χ1n) is 10.2. The molecule has 3 aromatic rings. The first-order valence-corrected chi connectivity index (χ1v) is 10.2. The number of anilines is 1. The molecule has 31 heavy (non-hydrogen) atoms. The summed E-state index contributed by atoms with van der Waals surface area (Å²) in [4.78, 5) is 0. The van der Waals surface area contributed by atoms with E-state index in [2.05, 4.69) is 39.5 Å². The number of alkyl halides is 3. The fraction of sp³-hybridized carbons (Fsp3) is 0.391. The van der Waals surface area contributed by atoms with E-state index in [9.17, 15) is 13.2 Å². The molecule has 0 amide bonds. The van der Waals surface area contributed by atoms with Crippen molar-refractivity contribution in [3.05, 3.63) is 65.4 Å². The van der Waals surface area contributed by atoms with E-state index in [0.717, 1.165) is 31.5 Å². The molecule has 4 rings (SSSR count). The van der Waals surface area contributed by atoms with Crippen molar-refractivity contribution in [2.75, 3.05) is 18.4 Å². The minimum atomic E-state index is -4.21. The summed E-state index contributed by atoms with van der Waals surface area (Å²) in [5, 5.41) is 7.24. The van der Waals surface area contributed by atoms with Crippen LogP contribution in [0.15, 0.2) is 48.5 Å². The lowest BCUT2D eigenvalue weighted by Gasteiger charge is -2.17. The van der Waals surface area contributed by atoms with Gasteiger partial charge in [0.25, 0.3) is 0 Å². The molecule has 1 aliphatic heterocycles. The molecule has 0 saturated heterocycles. The Morgan fingerprint density at radius 2 is 1.77 bits per heavy atom. The van der Waals surface area contributed by atoms with Crippen LogP contribution in [0.5, 0.6) is 0 Å². The molecule has 2 heterocycles. The highest BCUT2D eigenvalue weighted by atomic mass is 35.5. The molecule has 0 spiro atoms. The Labute approximate surface area is 193 Å². The summed E-state index contributed by atoms with van der Waals surface area (Å²) in [6.45, 7) is 1.55. The van der Waals surface area contributed by atoms with Gasteiger partial charge in [0.2, 0.25) is 0 Å². The summed E-state index contributed by atoms with van der Waals surface area (Å²) in [5.41, 5.74) is 5.71. The average Bonchev–Trinajstić information content (AvgIpc) is 3.04. The van der Waals surface area contributed by atoms with Crippen molar-refractivity contribution in [2.24, 2.45) is 0 Å². The minimum Gasteiger partial charge on any atom is -0.376 e. The Bertz CT molecular complexity index is 986. The van der Waals surface area contributed by atoms with E-state index in [1.165, 1.54) is 35.0 Å². The van der Waals surface area contributed by atoms with Crippen molar-refractivity contribution in [3.63, 3.8) is 0 Å². The zero-order valence-corrected chi connectivity index (χ0v) is 18.8. The van der Waals surface area contributed by atoms with Gasteiger partial charge in [0.05, 0.1) is 0 Å². The molecule has 0 saturated carbocycles. The van der Waals surface area contributed by atoms with Gasteiger partial charge in [0.15, 0.2) is 0 Å². The smallest absolute Gasteiger partial charge is 0.376 e. The van der Waals surface area contributed by atoms with Gasteiger partial charge in [0.1, 0.15) is 6.54 Å². The van der Waals surface area contributed by atoms with Crippen molar-refractivity contribution in [3.8, 4) is 0 Å². The van der Waals surface area contributed by atoms with Gasteiger partial charge in [-0.05, 0) is 61.6 Å². The van der Waals surface area contributed by atoms with Crippen LogP contribution in [0.2, 0.25) is 0 Å². The predicted molar refractivity (Wildman–Crippen MR) is 126 cm³/mol. The second-order valence-electron chi connectivity index (χ2n) is 7.65. The topological polar surface area (TPSA) is 29.0 Å². The molecule has 0 bridgehead atoms. The summed E-state index contributed by atoms with van der Waals surface area (Å²) in [5.74, 6) is 0. The molecule has 0 atom stereocenters. The number of halogens is 5. The molecule has 3 nitrogen and oxygen atoms in total. The standard InChI is InChI=1S/C23H26F3N3.2ClH/c24-23(25,26)16-28-18-7-5-6-17(14-18)15-27-12-11-20-19-8-1-2-9-21(19)29-13-4-3-10-22(20)29;;/h1-2,5-9,14,27-28H,3-4,10-13,15-16H2;2*1H. The number of benzene rings is 2. The molecule has 2 aromatic carbocycles. The Morgan fingerprint density at radius 3 is 2.58 bits per heavy atom. The maximum atomic E-state index is 12.4. The maximum Gasteiger partial charge on any atom is 0.405 e. The first-order chi connectivity index (χ1) is 14.0. The quantitative estimate of drug-likeness (QED) is 0.404. The number of nitrogens with zero attached hydrogens (tertiary/aromatic N) is 1. The van der Waals surface area contributed by atoms with Crippen LogP contribution in [-0.2, 0) is 25.9 Å². The van der Waals surface area contributed by atoms with E-state index in [1.807, 2.05) is 6.07 Å². The molecule has 170 valence electrons. The summed E-state index contributed by atoms with van der Waals surface area (Å²) in [7, 11) is 0. The molecule has 1 aromatic heterocycles. The van der Waals surface area contributed by atoms with Crippen LogP contribution in [0.1, 0.15) is 29.7 Å². The predicted octanol–water partition coefficient (Wildman–Crippen LogP) is 6.13. The molecule has 1 aliphatic rings. The van der Waals surface area contributed by atoms with Crippen LogP contribution in [-0.4, -0.2) is 23.8 Å². The Kier molecular flexibility index (Phi) is 9.10. The SMILES string of the molecule is Cl.Cl.FC(F)(F)CNc1cccc(CNCCc2c3n(c4ccccc24)CCCC3)c1. The number of aromatic nitrogens is 1. The molecule has 0 unspecified atom stereocenters. The van der Waals surface area contributed by atoms with Gasteiger partial charge in [-0.15, -0.1) is 24.8 Å². The maximum absolute atomic E-state index is 12.4. The largest absolute Gasteiger partial charge is 0.405 e. The van der Waals surface area contributed by atoms with Crippen LogP contribution in [0.4, 0.5) is 18.9 Å². The highest BCUT2D eigenvalue weighted by Gasteiger charge is 2.26. The number of rotatable bonds is 7. The van der Waals surface area contributed by atoms with Crippen molar-refractivity contribution in [1.82, 2.24) is 9.88 Å². The van der Waals surface area contributed by atoms with Crippen molar-refractivity contribution < 1.29 is 13.2 Å². The number of para-hydroxylation sites is 1. The van der Waals surface area contributed by atoms with Crippen molar-refractivity contribution in [2.45, 2.75) is 44.9 Å². The monoisotopic (exact) mass is 473 g/mol. The van der Waals surface area contributed by atoms with E-state index < -0.39 is 12.7 Å². The number of fused-ring (bicyclic) bond motifs is 3. The van der Waals surface area contributed by atoms with Crippen molar-refractivity contribution in [1.29, 1.82) is 0 Å². The Hall–Kier alpha value is -1.89. The van der Waals surface area contributed by atoms with E-state index in [-0.39, 0.29) is 24.8 Å². The second-order valence-corrected chi connectivity index (χ2v) is 7.65. The van der Waals surface area contributed by atoms with E-state index in [4.69, 9.17) is 0 Å². The lowest BCUT2D eigenvalue weighted by molar-refractivity contribution is -0.115. The third-order valence-electron chi connectivity index (χ3n) is 5.54. The Balaban J connectivity index is 0.00000171. The molecular weight excluding hydrogens is 446 g/mol.